The van der Waals surface area contributed by atoms with Gasteiger partial charge in [-0.2, -0.15) is 0 Å². The van der Waals surface area contributed by atoms with E-state index in [0.29, 0.717) is 11.4 Å². The third-order valence-electron chi connectivity index (χ3n) is 2.31. The number of para-hydroxylation sites is 1. The number of ether oxygens (including phenoxy) is 1. The number of hydrogen-bond acceptors (Lipinski definition) is 3. The standard InChI is InChI=1S/C12H11FN2O/c1-16-11-6-5-8(7-15-11)9-3-2-4-10(13)12(9)14/h2-7H,14H2,1H3. The van der Waals surface area contributed by atoms with E-state index in [9.17, 15) is 4.39 Å². The fraction of sp³-hybridized carbons (Fsp3) is 0.0833. The van der Waals surface area contributed by atoms with Crippen LogP contribution in [0.15, 0.2) is 36.5 Å². The van der Waals surface area contributed by atoms with E-state index in [4.69, 9.17) is 10.5 Å². The Morgan fingerprint density at radius 1 is 1.25 bits per heavy atom. The zero-order valence-corrected chi connectivity index (χ0v) is 8.77. The molecule has 0 spiro atoms. The highest BCUT2D eigenvalue weighted by atomic mass is 19.1. The summed E-state index contributed by atoms with van der Waals surface area (Å²) in [6.45, 7) is 0. The van der Waals surface area contributed by atoms with Crippen LogP contribution < -0.4 is 10.5 Å². The van der Waals surface area contributed by atoms with Crippen LogP contribution in [0.4, 0.5) is 10.1 Å². The topological polar surface area (TPSA) is 48.1 Å². The van der Waals surface area contributed by atoms with E-state index >= 15 is 0 Å². The highest BCUT2D eigenvalue weighted by Crippen LogP contribution is 2.27. The minimum absolute atomic E-state index is 0.134. The molecule has 0 saturated heterocycles. The van der Waals surface area contributed by atoms with Gasteiger partial charge < -0.3 is 10.5 Å². The maximum atomic E-state index is 13.2. The molecule has 0 fully saturated rings. The largest absolute Gasteiger partial charge is 0.481 e. The average Bonchev–Trinajstić information content (AvgIpc) is 2.33. The number of rotatable bonds is 2. The van der Waals surface area contributed by atoms with Gasteiger partial charge in [-0.3, -0.25) is 0 Å². The lowest BCUT2D eigenvalue weighted by Crippen LogP contribution is -1.94. The molecule has 0 radical (unpaired) electrons. The predicted octanol–water partition coefficient (Wildman–Crippen LogP) is 2.48. The van der Waals surface area contributed by atoms with Crippen LogP contribution in [0.2, 0.25) is 0 Å². The van der Waals surface area contributed by atoms with Crippen molar-refractivity contribution >= 4 is 5.69 Å². The summed E-state index contributed by atoms with van der Waals surface area (Å²) >= 11 is 0. The molecule has 0 saturated carbocycles. The molecule has 1 aromatic heterocycles. The fourth-order valence-corrected chi connectivity index (χ4v) is 1.45. The second-order valence-electron chi connectivity index (χ2n) is 3.29. The number of nitrogens with zero attached hydrogens (tertiary/aromatic N) is 1. The Morgan fingerprint density at radius 3 is 2.69 bits per heavy atom. The Balaban J connectivity index is 2.46. The first-order valence-electron chi connectivity index (χ1n) is 4.77. The molecule has 82 valence electrons. The zero-order valence-electron chi connectivity index (χ0n) is 8.77. The summed E-state index contributed by atoms with van der Waals surface area (Å²) in [6.07, 6.45) is 1.60. The molecule has 0 aliphatic heterocycles. The summed E-state index contributed by atoms with van der Waals surface area (Å²) in [5.41, 5.74) is 7.18. The van der Waals surface area contributed by atoms with Gasteiger partial charge in [-0.25, -0.2) is 9.37 Å². The fourth-order valence-electron chi connectivity index (χ4n) is 1.45. The number of nitrogen functional groups attached to an aromatic ring is 1. The van der Waals surface area contributed by atoms with E-state index in [1.54, 1.807) is 37.6 Å². The van der Waals surface area contributed by atoms with Crippen molar-refractivity contribution in [1.82, 2.24) is 4.98 Å². The molecule has 2 N–H and O–H groups in total. The Morgan fingerprint density at radius 2 is 2.06 bits per heavy atom. The zero-order chi connectivity index (χ0) is 11.5. The van der Waals surface area contributed by atoms with Crippen LogP contribution in [0.25, 0.3) is 11.1 Å². The van der Waals surface area contributed by atoms with Crippen molar-refractivity contribution in [3.05, 3.63) is 42.3 Å². The van der Waals surface area contributed by atoms with Crippen LogP contribution in [-0.4, -0.2) is 12.1 Å². The molecule has 2 rings (SSSR count). The third-order valence-corrected chi connectivity index (χ3v) is 2.31. The first-order valence-corrected chi connectivity index (χ1v) is 4.77. The molecular formula is C12H11FN2O. The van der Waals surface area contributed by atoms with Crippen molar-refractivity contribution in [3.63, 3.8) is 0 Å². The molecular weight excluding hydrogens is 207 g/mol. The lowest BCUT2D eigenvalue weighted by Gasteiger charge is -2.06. The number of halogens is 1. The van der Waals surface area contributed by atoms with Crippen molar-refractivity contribution < 1.29 is 9.13 Å². The number of nitrogens with two attached hydrogens (primary N) is 1. The van der Waals surface area contributed by atoms with Gasteiger partial charge in [0.2, 0.25) is 5.88 Å². The Kier molecular flexibility index (Phi) is 2.72. The minimum atomic E-state index is -0.423. The number of anilines is 1. The molecule has 4 heteroatoms. The van der Waals surface area contributed by atoms with Crippen LogP contribution >= 0.6 is 0 Å². The number of aromatic nitrogens is 1. The van der Waals surface area contributed by atoms with E-state index in [0.717, 1.165) is 5.56 Å². The Bertz CT molecular complexity index is 497. The molecule has 0 amide bonds. The van der Waals surface area contributed by atoms with Crippen molar-refractivity contribution in [1.29, 1.82) is 0 Å². The maximum Gasteiger partial charge on any atom is 0.212 e. The normalized spacial score (nSPS) is 10.1. The molecule has 0 aliphatic rings. The van der Waals surface area contributed by atoms with Crippen molar-refractivity contribution in [2.75, 3.05) is 12.8 Å². The molecule has 3 nitrogen and oxygen atoms in total. The van der Waals surface area contributed by atoms with Crippen molar-refractivity contribution in [2.45, 2.75) is 0 Å². The summed E-state index contributed by atoms with van der Waals surface area (Å²) in [4.78, 5) is 4.04. The van der Waals surface area contributed by atoms with E-state index in [2.05, 4.69) is 4.98 Å². The lowest BCUT2D eigenvalue weighted by atomic mass is 10.1. The van der Waals surface area contributed by atoms with Gasteiger partial charge in [0, 0.05) is 23.4 Å². The number of pyridine rings is 1. The van der Waals surface area contributed by atoms with Gasteiger partial charge in [0.05, 0.1) is 12.8 Å². The lowest BCUT2D eigenvalue weighted by molar-refractivity contribution is 0.398. The van der Waals surface area contributed by atoms with E-state index < -0.39 is 5.82 Å². The quantitative estimate of drug-likeness (QED) is 0.788. The SMILES string of the molecule is COc1ccc(-c2cccc(F)c2N)cn1. The number of methoxy groups -OCH3 is 1. The molecule has 2 aromatic rings. The molecule has 0 atom stereocenters. The van der Waals surface area contributed by atoms with E-state index in [-0.39, 0.29) is 5.69 Å². The predicted molar refractivity (Wildman–Crippen MR) is 60.6 cm³/mol. The summed E-state index contributed by atoms with van der Waals surface area (Å²) in [7, 11) is 1.54. The molecule has 0 bridgehead atoms. The highest BCUT2D eigenvalue weighted by molar-refractivity contribution is 5.76. The Labute approximate surface area is 92.7 Å². The smallest absolute Gasteiger partial charge is 0.212 e. The van der Waals surface area contributed by atoms with Gasteiger partial charge in [-0.05, 0) is 12.1 Å². The van der Waals surface area contributed by atoms with Gasteiger partial charge in [-0.1, -0.05) is 12.1 Å². The third kappa shape index (κ3) is 1.82. The first-order chi connectivity index (χ1) is 7.72. The highest BCUT2D eigenvalue weighted by Gasteiger charge is 2.06. The summed E-state index contributed by atoms with van der Waals surface area (Å²) < 4.78 is 18.2. The average molecular weight is 218 g/mol. The van der Waals surface area contributed by atoms with Gasteiger partial charge >= 0.3 is 0 Å². The van der Waals surface area contributed by atoms with Gasteiger partial charge in [0.1, 0.15) is 5.82 Å². The van der Waals surface area contributed by atoms with Gasteiger partial charge in [-0.15, -0.1) is 0 Å². The number of hydrogen-bond donors (Lipinski definition) is 1. The molecule has 1 heterocycles. The van der Waals surface area contributed by atoms with E-state index in [1.807, 2.05) is 0 Å². The number of benzene rings is 1. The Hall–Kier alpha value is -2.10. The second kappa shape index (κ2) is 4.18. The van der Waals surface area contributed by atoms with E-state index in [1.165, 1.54) is 6.07 Å². The first kappa shape index (κ1) is 10.4. The molecule has 0 aliphatic carbocycles. The minimum Gasteiger partial charge on any atom is -0.481 e. The van der Waals surface area contributed by atoms with Crippen LogP contribution in [0.1, 0.15) is 0 Å². The van der Waals surface area contributed by atoms with Gasteiger partial charge in [0.15, 0.2) is 0 Å². The van der Waals surface area contributed by atoms with Crippen LogP contribution in [0.3, 0.4) is 0 Å². The van der Waals surface area contributed by atoms with Crippen molar-refractivity contribution in [2.24, 2.45) is 0 Å². The summed E-state index contributed by atoms with van der Waals surface area (Å²) in [5, 5.41) is 0. The molecule has 0 unspecified atom stereocenters. The van der Waals surface area contributed by atoms with Gasteiger partial charge in [0.25, 0.3) is 0 Å². The van der Waals surface area contributed by atoms with Crippen LogP contribution in [-0.2, 0) is 0 Å². The molecule has 1 aromatic carbocycles. The summed E-state index contributed by atoms with van der Waals surface area (Å²) in [5.74, 6) is 0.0899. The van der Waals surface area contributed by atoms with Crippen LogP contribution in [0.5, 0.6) is 5.88 Å². The maximum absolute atomic E-state index is 13.2. The molecule has 16 heavy (non-hydrogen) atoms. The monoisotopic (exact) mass is 218 g/mol. The second-order valence-corrected chi connectivity index (χ2v) is 3.29. The van der Waals surface area contributed by atoms with Crippen molar-refractivity contribution in [3.8, 4) is 17.0 Å². The van der Waals surface area contributed by atoms with Crippen LogP contribution in [0, 0.1) is 5.82 Å². The summed E-state index contributed by atoms with van der Waals surface area (Å²) in [6, 6.07) is 8.19.